The molecule has 0 aliphatic carbocycles. The Morgan fingerprint density at radius 3 is 2.89 bits per heavy atom. The first-order valence-electron chi connectivity index (χ1n) is 5.96. The lowest BCUT2D eigenvalue weighted by atomic mass is 10.1. The van der Waals surface area contributed by atoms with E-state index in [4.69, 9.17) is 17.3 Å². The second-order valence-corrected chi connectivity index (χ2v) is 4.72. The number of aromatic nitrogens is 1. The van der Waals surface area contributed by atoms with E-state index in [9.17, 15) is 4.39 Å². The molecule has 2 rings (SSSR count). The van der Waals surface area contributed by atoms with E-state index in [1.807, 2.05) is 36.0 Å². The third-order valence-electron chi connectivity index (χ3n) is 3.03. The molecule has 1 aromatic carbocycles. The van der Waals surface area contributed by atoms with Crippen molar-refractivity contribution in [1.82, 2.24) is 4.57 Å². The second-order valence-electron chi connectivity index (χ2n) is 4.34. The van der Waals surface area contributed by atoms with E-state index in [-0.39, 0.29) is 16.9 Å². The van der Waals surface area contributed by atoms with Crippen LogP contribution in [0.15, 0.2) is 36.7 Å². The lowest BCUT2D eigenvalue weighted by molar-refractivity contribution is 0.624. The molecule has 0 fully saturated rings. The summed E-state index contributed by atoms with van der Waals surface area (Å²) in [5, 5.41) is 0.188. The molecule has 2 N–H and O–H groups in total. The zero-order chi connectivity index (χ0) is 13.1. The third kappa shape index (κ3) is 2.74. The number of benzene rings is 1. The summed E-state index contributed by atoms with van der Waals surface area (Å²) in [6.07, 6.45) is 4.81. The van der Waals surface area contributed by atoms with Crippen LogP contribution in [0, 0.1) is 5.82 Å². The fourth-order valence-electron chi connectivity index (χ4n) is 1.88. The largest absolute Gasteiger partial charge is 0.350 e. The van der Waals surface area contributed by atoms with E-state index in [1.165, 1.54) is 6.07 Å². The van der Waals surface area contributed by atoms with Gasteiger partial charge in [0.1, 0.15) is 5.82 Å². The monoisotopic (exact) mass is 266 g/mol. The van der Waals surface area contributed by atoms with Crippen molar-refractivity contribution in [3.63, 3.8) is 0 Å². The molecule has 1 atom stereocenters. The van der Waals surface area contributed by atoms with Crippen molar-refractivity contribution < 1.29 is 4.39 Å². The van der Waals surface area contributed by atoms with Gasteiger partial charge >= 0.3 is 0 Å². The highest BCUT2D eigenvalue weighted by Gasteiger charge is 2.08. The van der Waals surface area contributed by atoms with Crippen molar-refractivity contribution in [2.45, 2.75) is 25.9 Å². The van der Waals surface area contributed by atoms with Gasteiger partial charge in [0.2, 0.25) is 0 Å². The van der Waals surface area contributed by atoms with E-state index >= 15 is 0 Å². The molecule has 0 aliphatic rings. The van der Waals surface area contributed by atoms with Gasteiger partial charge in [-0.2, -0.15) is 0 Å². The summed E-state index contributed by atoms with van der Waals surface area (Å²) in [4.78, 5) is 0. The maximum absolute atomic E-state index is 13.3. The van der Waals surface area contributed by atoms with E-state index in [0.717, 1.165) is 17.5 Å². The van der Waals surface area contributed by atoms with Crippen LogP contribution in [0.1, 0.15) is 30.5 Å². The number of nitrogens with zero attached hydrogens (tertiary/aromatic N) is 1. The van der Waals surface area contributed by atoms with Crippen LogP contribution in [0.4, 0.5) is 4.39 Å². The van der Waals surface area contributed by atoms with Gasteiger partial charge < -0.3 is 10.3 Å². The van der Waals surface area contributed by atoms with Crippen LogP contribution in [0.5, 0.6) is 0 Å². The first-order chi connectivity index (χ1) is 8.61. The van der Waals surface area contributed by atoms with Gasteiger partial charge in [-0.25, -0.2) is 4.39 Å². The van der Waals surface area contributed by atoms with Crippen LogP contribution in [-0.2, 0) is 6.54 Å². The molecule has 4 heteroatoms. The van der Waals surface area contributed by atoms with Gasteiger partial charge in [0, 0.05) is 25.0 Å². The highest BCUT2D eigenvalue weighted by Crippen LogP contribution is 2.21. The number of halogens is 2. The molecule has 1 heterocycles. The lowest BCUT2D eigenvalue weighted by Gasteiger charge is -2.07. The van der Waals surface area contributed by atoms with E-state index in [1.54, 1.807) is 6.07 Å². The van der Waals surface area contributed by atoms with Gasteiger partial charge in [-0.15, -0.1) is 0 Å². The van der Waals surface area contributed by atoms with Crippen LogP contribution < -0.4 is 5.73 Å². The van der Waals surface area contributed by atoms with Crippen molar-refractivity contribution in [1.29, 1.82) is 0 Å². The van der Waals surface area contributed by atoms with Crippen LogP contribution in [0.25, 0.3) is 0 Å². The fraction of sp³-hybridized carbons (Fsp3) is 0.286. The van der Waals surface area contributed by atoms with E-state index < -0.39 is 0 Å². The smallest absolute Gasteiger partial charge is 0.142 e. The maximum atomic E-state index is 13.3. The average molecular weight is 267 g/mol. The van der Waals surface area contributed by atoms with Crippen LogP contribution >= 0.6 is 11.6 Å². The Labute approximate surface area is 111 Å². The van der Waals surface area contributed by atoms with Crippen LogP contribution in [0.3, 0.4) is 0 Å². The minimum Gasteiger partial charge on any atom is -0.350 e. The molecule has 0 saturated heterocycles. The molecule has 1 aromatic heterocycles. The SMILES string of the molecule is CCC(N)c1ccn(Cc2cccc(F)c2Cl)c1. The molecule has 0 amide bonds. The Hall–Kier alpha value is -1.32. The van der Waals surface area contributed by atoms with Crippen molar-refractivity contribution in [3.8, 4) is 0 Å². The summed E-state index contributed by atoms with van der Waals surface area (Å²) >= 11 is 5.93. The van der Waals surface area contributed by atoms with E-state index in [2.05, 4.69) is 0 Å². The van der Waals surface area contributed by atoms with Gasteiger partial charge in [-0.05, 0) is 29.7 Å². The molecule has 0 radical (unpaired) electrons. The molecule has 18 heavy (non-hydrogen) atoms. The van der Waals surface area contributed by atoms with Gasteiger partial charge in [0.15, 0.2) is 0 Å². The van der Waals surface area contributed by atoms with Crippen LogP contribution in [-0.4, -0.2) is 4.57 Å². The minimum atomic E-state index is -0.383. The first-order valence-corrected chi connectivity index (χ1v) is 6.33. The molecule has 2 aromatic rings. The molecule has 96 valence electrons. The number of hydrogen-bond acceptors (Lipinski definition) is 1. The summed E-state index contributed by atoms with van der Waals surface area (Å²) in [7, 11) is 0. The van der Waals surface area contributed by atoms with E-state index in [0.29, 0.717) is 6.54 Å². The normalized spacial score (nSPS) is 12.7. The zero-order valence-electron chi connectivity index (χ0n) is 10.2. The minimum absolute atomic E-state index is 0.0502. The first kappa shape index (κ1) is 13.1. The van der Waals surface area contributed by atoms with Crippen molar-refractivity contribution in [3.05, 3.63) is 58.6 Å². The molecule has 0 saturated carbocycles. The fourth-order valence-corrected chi connectivity index (χ4v) is 2.07. The molecule has 0 bridgehead atoms. The lowest BCUT2D eigenvalue weighted by Crippen LogP contribution is -2.07. The maximum Gasteiger partial charge on any atom is 0.142 e. The van der Waals surface area contributed by atoms with Crippen molar-refractivity contribution in [2.75, 3.05) is 0 Å². The highest BCUT2D eigenvalue weighted by molar-refractivity contribution is 6.31. The summed E-state index contributed by atoms with van der Waals surface area (Å²) in [5.41, 5.74) is 7.81. The molecule has 0 aliphatic heterocycles. The summed E-state index contributed by atoms with van der Waals surface area (Å²) < 4.78 is 15.3. The number of hydrogen-bond donors (Lipinski definition) is 1. The number of rotatable bonds is 4. The standard InChI is InChI=1S/C14H16ClFN2/c1-2-13(17)10-6-7-18(8-10)9-11-4-3-5-12(16)14(11)15/h3-8,13H,2,9,17H2,1H3. The third-order valence-corrected chi connectivity index (χ3v) is 3.45. The van der Waals surface area contributed by atoms with Crippen molar-refractivity contribution in [2.24, 2.45) is 5.73 Å². The summed E-state index contributed by atoms with van der Waals surface area (Å²) in [6, 6.07) is 6.89. The Kier molecular flexibility index (Phi) is 4.04. The Balaban J connectivity index is 2.19. The molecule has 0 spiro atoms. The van der Waals surface area contributed by atoms with Gasteiger partial charge in [-0.1, -0.05) is 30.7 Å². The molecule has 2 nitrogen and oxygen atoms in total. The molecular formula is C14H16ClFN2. The summed E-state index contributed by atoms with van der Waals surface area (Å²) in [5.74, 6) is -0.383. The van der Waals surface area contributed by atoms with Gasteiger partial charge in [-0.3, -0.25) is 0 Å². The topological polar surface area (TPSA) is 30.9 Å². The zero-order valence-corrected chi connectivity index (χ0v) is 11.0. The summed E-state index contributed by atoms with van der Waals surface area (Å²) in [6.45, 7) is 2.60. The Morgan fingerprint density at radius 1 is 1.39 bits per heavy atom. The Bertz CT molecular complexity index is 536. The highest BCUT2D eigenvalue weighted by atomic mass is 35.5. The molecule has 1 unspecified atom stereocenters. The quantitative estimate of drug-likeness (QED) is 0.898. The Morgan fingerprint density at radius 2 is 2.17 bits per heavy atom. The van der Waals surface area contributed by atoms with Crippen molar-refractivity contribution >= 4 is 11.6 Å². The predicted molar refractivity (Wildman–Crippen MR) is 72.2 cm³/mol. The van der Waals surface area contributed by atoms with Gasteiger partial charge in [0.25, 0.3) is 0 Å². The average Bonchev–Trinajstić information content (AvgIpc) is 2.82. The van der Waals surface area contributed by atoms with Gasteiger partial charge in [0.05, 0.1) is 5.02 Å². The van der Waals surface area contributed by atoms with Crippen LogP contribution in [0.2, 0.25) is 5.02 Å². The molecular weight excluding hydrogens is 251 g/mol. The predicted octanol–water partition coefficient (Wildman–Crippen LogP) is 3.74. The second kappa shape index (κ2) is 5.55. The number of nitrogens with two attached hydrogens (primary N) is 1.